The molecule has 1 N–H and O–H groups in total. The third-order valence-electron chi connectivity index (χ3n) is 4.83. The first-order valence-electron chi connectivity index (χ1n) is 10.5. The van der Waals surface area contributed by atoms with Crippen LogP contribution >= 0.6 is 12.4 Å². The van der Waals surface area contributed by atoms with Crippen LogP contribution in [0.5, 0.6) is 11.5 Å². The zero-order valence-electron chi connectivity index (χ0n) is 18.3. The molecular formula is C25H34ClNO4. The highest BCUT2D eigenvalue weighted by Crippen LogP contribution is 2.25. The summed E-state index contributed by atoms with van der Waals surface area (Å²) in [5, 5.41) is 9.55. The third-order valence-corrected chi connectivity index (χ3v) is 4.83. The fraction of sp³-hybridized carbons (Fsp3) is 0.400. The number of phenolic OH excluding ortho intramolecular Hbond substituents is 1. The van der Waals surface area contributed by atoms with E-state index in [1.54, 1.807) is 19.1 Å². The standard InChI is InChI=1S/C17H25NO3.C8H8O.ClH/c1-2-5-15-6-7-16(19)14-17(15)21-11-4-3-8-18-9-12-20-13-10-18;1-7(9)8-5-3-2-4-6-8;/h2,6-7,14,19H,1,3-5,8-13H2;2-6H,1H3;1H. The van der Waals surface area contributed by atoms with Crippen LogP contribution in [0.1, 0.15) is 35.7 Å². The van der Waals surface area contributed by atoms with E-state index in [2.05, 4.69) is 11.5 Å². The van der Waals surface area contributed by atoms with Crippen molar-refractivity contribution >= 4 is 18.2 Å². The Labute approximate surface area is 192 Å². The molecule has 0 unspecified atom stereocenters. The summed E-state index contributed by atoms with van der Waals surface area (Å²) in [5.41, 5.74) is 1.84. The maximum atomic E-state index is 10.6. The summed E-state index contributed by atoms with van der Waals surface area (Å²) in [4.78, 5) is 13.1. The van der Waals surface area contributed by atoms with E-state index in [4.69, 9.17) is 9.47 Å². The lowest BCUT2D eigenvalue weighted by Gasteiger charge is -2.26. The molecule has 0 aromatic heterocycles. The number of phenols is 1. The van der Waals surface area contributed by atoms with Gasteiger partial charge >= 0.3 is 0 Å². The molecule has 1 aliphatic heterocycles. The van der Waals surface area contributed by atoms with Crippen molar-refractivity contribution in [2.45, 2.75) is 26.2 Å². The SMILES string of the molecule is C=CCc1ccc(O)cc1OCCCCN1CCOCC1.CC(=O)c1ccccc1.Cl. The molecule has 170 valence electrons. The lowest BCUT2D eigenvalue weighted by Crippen LogP contribution is -2.36. The second kappa shape index (κ2) is 15.5. The summed E-state index contributed by atoms with van der Waals surface area (Å²) < 4.78 is 11.1. The van der Waals surface area contributed by atoms with Crippen molar-refractivity contribution in [3.8, 4) is 11.5 Å². The van der Waals surface area contributed by atoms with E-state index in [9.17, 15) is 9.90 Å². The van der Waals surface area contributed by atoms with Crippen molar-refractivity contribution in [1.29, 1.82) is 0 Å². The quantitative estimate of drug-likeness (QED) is 0.336. The molecule has 0 saturated carbocycles. The van der Waals surface area contributed by atoms with Crippen LogP contribution < -0.4 is 4.74 Å². The number of hydrogen-bond acceptors (Lipinski definition) is 5. The van der Waals surface area contributed by atoms with E-state index < -0.39 is 0 Å². The van der Waals surface area contributed by atoms with E-state index in [-0.39, 0.29) is 23.9 Å². The largest absolute Gasteiger partial charge is 0.508 e. The number of rotatable bonds is 9. The zero-order valence-corrected chi connectivity index (χ0v) is 19.1. The number of halogens is 1. The van der Waals surface area contributed by atoms with E-state index in [1.807, 2.05) is 42.5 Å². The van der Waals surface area contributed by atoms with Crippen molar-refractivity contribution in [2.75, 3.05) is 39.5 Å². The average molecular weight is 448 g/mol. The average Bonchev–Trinajstić information content (AvgIpc) is 2.77. The molecule has 1 aliphatic rings. The predicted octanol–water partition coefficient (Wildman–Crippen LogP) is 4.92. The molecule has 0 aliphatic carbocycles. The maximum Gasteiger partial charge on any atom is 0.159 e. The number of benzene rings is 2. The van der Waals surface area contributed by atoms with Gasteiger partial charge in [0, 0.05) is 24.7 Å². The van der Waals surface area contributed by atoms with Gasteiger partial charge in [-0.05, 0) is 44.4 Å². The third kappa shape index (κ3) is 10.5. The summed E-state index contributed by atoms with van der Waals surface area (Å²) >= 11 is 0. The Morgan fingerprint density at radius 1 is 1.16 bits per heavy atom. The van der Waals surface area contributed by atoms with Crippen molar-refractivity contribution in [3.05, 3.63) is 72.3 Å². The Balaban J connectivity index is 0.000000404. The number of allylic oxidation sites excluding steroid dienone is 1. The zero-order chi connectivity index (χ0) is 21.6. The highest BCUT2D eigenvalue weighted by Gasteiger charge is 2.09. The Hall–Kier alpha value is -2.34. The van der Waals surface area contributed by atoms with Gasteiger partial charge in [0.25, 0.3) is 0 Å². The number of nitrogens with zero attached hydrogens (tertiary/aromatic N) is 1. The van der Waals surface area contributed by atoms with Crippen LogP contribution in [-0.4, -0.2) is 55.2 Å². The summed E-state index contributed by atoms with van der Waals surface area (Å²) in [6, 6.07) is 14.5. The summed E-state index contributed by atoms with van der Waals surface area (Å²) in [6.07, 6.45) is 4.73. The molecule has 5 nitrogen and oxygen atoms in total. The number of ether oxygens (including phenoxy) is 2. The normalized spacial score (nSPS) is 13.3. The second-order valence-corrected chi connectivity index (χ2v) is 7.22. The van der Waals surface area contributed by atoms with Gasteiger partial charge in [-0.1, -0.05) is 42.5 Å². The lowest BCUT2D eigenvalue weighted by atomic mass is 10.1. The Morgan fingerprint density at radius 3 is 2.48 bits per heavy atom. The molecule has 0 amide bonds. The van der Waals surface area contributed by atoms with Gasteiger partial charge in [-0.15, -0.1) is 19.0 Å². The van der Waals surface area contributed by atoms with Gasteiger partial charge in [0.05, 0.1) is 19.8 Å². The van der Waals surface area contributed by atoms with Crippen LogP contribution in [0.15, 0.2) is 61.2 Å². The lowest BCUT2D eigenvalue weighted by molar-refractivity contribution is 0.0368. The number of ketones is 1. The summed E-state index contributed by atoms with van der Waals surface area (Å²) in [5.74, 6) is 1.13. The van der Waals surface area contributed by atoms with E-state index >= 15 is 0 Å². The van der Waals surface area contributed by atoms with Crippen molar-refractivity contribution in [2.24, 2.45) is 0 Å². The van der Waals surface area contributed by atoms with Crippen LogP contribution in [0.4, 0.5) is 0 Å². The Morgan fingerprint density at radius 2 is 1.87 bits per heavy atom. The molecule has 2 aromatic rings. The van der Waals surface area contributed by atoms with Gasteiger partial charge in [-0.25, -0.2) is 0 Å². The van der Waals surface area contributed by atoms with Crippen LogP contribution in [-0.2, 0) is 11.2 Å². The molecule has 0 bridgehead atoms. The molecule has 0 atom stereocenters. The first-order chi connectivity index (χ1) is 14.6. The fourth-order valence-corrected chi connectivity index (χ4v) is 3.12. The molecule has 6 heteroatoms. The predicted molar refractivity (Wildman–Crippen MR) is 128 cm³/mol. The Bertz CT molecular complexity index is 776. The number of morpholine rings is 1. The van der Waals surface area contributed by atoms with E-state index in [1.165, 1.54) is 0 Å². The topological polar surface area (TPSA) is 59.0 Å². The molecule has 3 rings (SSSR count). The van der Waals surface area contributed by atoms with E-state index in [0.717, 1.165) is 69.0 Å². The molecule has 0 spiro atoms. The molecule has 0 radical (unpaired) electrons. The molecular weight excluding hydrogens is 414 g/mol. The minimum atomic E-state index is 0. The van der Waals surface area contributed by atoms with Crippen LogP contribution in [0, 0.1) is 0 Å². The first kappa shape index (κ1) is 26.7. The smallest absolute Gasteiger partial charge is 0.159 e. The van der Waals surface area contributed by atoms with Gasteiger partial charge in [0.1, 0.15) is 11.5 Å². The molecule has 31 heavy (non-hydrogen) atoms. The fourth-order valence-electron chi connectivity index (χ4n) is 3.12. The highest BCUT2D eigenvalue weighted by molar-refractivity contribution is 5.93. The highest BCUT2D eigenvalue weighted by atomic mass is 35.5. The van der Waals surface area contributed by atoms with Gasteiger partial charge in [-0.2, -0.15) is 0 Å². The Kier molecular flexibility index (Phi) is 13.3. The maximum absolute atomic E-state index is 10.6. The second-order valence-electron chi connectivity index (χ2n) is 7.22. The van der Waals surface area contributed by atoms with Gasteiger partial charge < -0.3 is 14.6 Å². The number of aromatic hydroxyl groups is 1. The van der Waals surface area contributed by atoms with Crippen LogP contribution in [0.25, 0.3) is 0 Å². The van der Waals surface area contributed by atoms with Gasteiger partial charge in [-0.3, -0.25) is 9.69 Å². The number of Topliss-reactive ketones (excluding diaryl/α,β-unsaturated/α-hetero) is 1. The van der Waals surface area contributed by atoms with Crippen molar-refractivity contribution in [1.82, 2.24) is 4.90 Å². The van der Waals surface area contributed by atoms with Crippen molar-refractivity contribution in [3.63, 3.8) is 0 Å². The summed E-state index contributed by atoms with van der Waals surface area (Å²) in [6.45, 7) is 10.9. The monoisotopic (exact) mass is 447 g/mol. The summed E-state index contributed by atoms with van der Waals surface area (Å²) in [7, 11) is 0. The minimum absolute atomic E-state index is 0. The van der Waals surface area contributed by atoms with Gasteiger partial charge in [0.2, 0.25) is 0 Å². The van der Waals surface area contributed by atoms with E-state index in [0.29, 0.717) is 6.61 Å². The molecule has 1 fully saturated rings. The number of carbonyl (C=O) groups excluding carboxylic acids is 1. The van der Waals surface area contributed by atoms with Crippen molar-refractivity contribution < 1.29 is 19.4 Å². The molecule has 1 heterocycles. The number of hydrogen-bond donors (Lipinski definition) is 1. The number of carbonyl (C=O) groups is 1. The molecule has 2 aromatic carbocycles. The van der Waals surface area contributed by atoms with Crippen LogP contribution in [0.2, 0.25) is 0 Å². The molecule has 1 saturated heterocycles. The van der Waals surface area contributed by atoms with Gasteiger partial charge in [0.15, 0.2) is 5.78 Å². The van der Waals surface area contributed by atoms with Crippen LogP contribution in [0.3, 0.4) is 0 Å². The number of unbranched alkanes of at least 4 members (excludes halogenated alkanes) is 1. The minimum Gasteiger partial charge on any atom is -0.508 e. The first-order valence-corrected chi connectivity index (χ1v) is 10.5.